The van der Waals surface area contributed by atoms with Gasteiger partial charge in [-0.2, -0.15) is 0 Å². The lowest BCUT2D eigenvalue weighted by molar-refractivity contribution is 0.120. The Hall–Kier alpha value is -0.900. The van der Waals surface area contributed by atoms with Crippen LogP contribution in [0.3, 0.4) is 0 Å². The van der Waals surface area contributed by atoms with Crippen LogP contribution in [0.4, 0.5) is 0 Å². The summed E-state index contributed by atoms with van der Waals surface area (Å²) in [7, 11) is 0. The number of nitrogens with zero attached hydrogens (tertiary/aromatic N) is 2. The molecule has 6 rings (SSSR count). The molecule has 4 aliphatic heterocycles. The molecule has 4 saturated heterocycles. The Bertz CT molecular complexity index is 564. The minimum atomic E-state index is 0.838. The van der Waals surface area contributed by atoms with Gasteiger partial charge < -0.3 is 10.2 Å². The largest absolute Gasteiger partial charge is 0.316 e. The number of benzene rings is 1. The van der Waals surface area contributed by atoms with Crippen LogP contribution in [0.5, 0.6) is 0 Å². The zero-order valence-corrected chi connectivity index (χ0v) is 15.4. The maximum absolute atomic E-state index is 3.55. The molecular formula is C22H33N3. The van der Waals surface area contributed by atoms with Gasteiger partial charge in [-0.05, 0) is 74.6 Å². The number of aryl methyl sites for hydroxylation is 1. The summed E-state index contributed by atoms with van der Waals surface area (Å²) >= 11 is 0. The molecule has 1 N–H and O–H groups in total. The number of fused-ring (bicyclic) bond motifs is 5. The highest BCUT2D eigenvalue weighted by Gasteiger charge is 2.53. The Balaban J connectivity index is 1.13. The molecule has 25 heavy (non-hydrogen) atoms. The van der Waals surface area contributed by atoms with Gasteiger partial charge in [0.05, 0.1) is 0 Å². The van der Waals surface area contributed by atoms with Crippen molar-refractivity contribution in [2.75, 3.05) is 45.8 Å². The number of piperidine rings is 2. The van der Waals surface area contributed by atoms with E-state index in [1.54, 1.807) is 0 Å². The van der Waals surface area contributed by atoms with Crippen LogP contribution >= 0.6 is 0 Å². The fraction of sp³-hybridized carbons (Fsp3) is 0.727. The Morgan fingerprint density at radius 1 is 0.960 bits per heavy atom. The van der Waals surface area contributed by atoms with Gasteiger partial charge in [-0.1, -0.05) is 30.3 Å². The van der Waals surface area contributed by atoms with Gasteiger partial charge >= 0.3 is 0 Å². The lowest BCUT2D eigenvalue weighted by Crippen LogP contribution is -2.45. The molecule has 1 aromatic rings. The van der Waals surface area contributed by atoms with E-state index in [0.717, 1.165) is 29.7 Å². The summed E-state index contributed by atoms with van der Waals surface area (Å²) in [6, 6.07) is 11.8. The Morgan fingerprint density at radius 2 is 1.80 bits per heavy atom. The van der Waals surface area contributed by atoms with Gasteiger partial charge in [0.25, 0.3) is 0 Å². The monoisotopic (exact) mass is 339 g/mol. The number of hydrogen-bond acceptors (Lipinski definition) is 3. The van der Waals surface area contributed by atoms with Crippen molar-refractivity contribution >= 4 is 0 Å². The minimum Gasteiger partial charge on any atom is -0.316 e. The van der Waals surface area contributed by atoms with E-state index < -0.39 is 0 Å². The lowest BCUT2D eigenvalue weighted by Gasteiger charge is -2.36. The van der Waals surface area contributed by atoms with Crippen molar-refractivity contribution in [3.05, 3.63) is 35.9 Å². The third-order valence-corrected chi connectivity index (χ3v) is 7.40. The Morgan fingerprint density at radius 3 is 2.64 bits per heavy atom. The van der Waals surface area contributed by atoms with Crippen LogP contribution in [0.15, 0.2) is 30.3 Å². The fourth-order valence-corrected chi connectivity index (χ4v) is 5.92. The molecule has 5 fully saturated rings. The number of rotatable bonds is 6. The standard InChI is InChI=1S/C22H33N3/c1-2-5-17(6-3-1)7-4-10-24-13-18-8-9-19(15-24)25(14-18)16-22-20-11-23-12-21(20)22/h1-3,5-6,18-23H,4,7-16H2/t18?,19?,20-,21+,22?. The van der Waals surface area contributed by atoms with Gasteiger partial charge in [-0.25, -0.2) is 0 Å². The first-order chi connectivity index (χ1) is 12.4. The van der Waals surface area contributed by atoms with Gasteiger partial charge in [-0.15, -0.1) is 0 Å². The van der Waals surface area contributed by atoms with Crippen LogP contribution < -0.4 is 5.32 Å². The smallest absolute Gasteiger partial charge is 0.0223 e. The third-order valence-electron chi connectivity index (χ3n) is 7.40. The molecule has 4 heterocycles. The van der Waals surface area contributed by atoms with E-state index in [4.69, 9.17) is 0 Å². The molecule has 5 aliphatic rings. The minimum absolute atomic E-state index is 0.838. The van der Waals surface area contributed by atoms with Crippen LogP contribution in [-0.2, 0) is 6.42 Å². The van der Waals surface area contributed by atoms with Crippen LogP contribution in [0.2, 0.25) is 0 Å². The van der Waals surface area contributed by atoms with Crippen LogP contribution in [-0.4, -0.2) is 61.7 Å². The van der Waals surface area contributed by atoms with E-state index in [9.17, 15) is 0 Å². The van der Waals surface area contributed by atoms with Crippen LogP contribution in [0, 0.1) is 23.7 Å². The summed E-state index contributed by atoms with van der Waals surface area (Å²) in [5.41, 5.74) is 1.50. The van der Waals surface area contributed by atoms with E-state index >= 15 is 0 Å². The molecule has 3 unspecified atom stereocenters. The molecule has 1 aromatic carbocycles. The van der Waals surface area contributed by atoms with E-state index in [1.807, 2.05) is 0 Å². The highest BCUT2D eigenvalue weighted by Crippen LogP contribution is 2.49. The molecule has 2 bridgehead atoms. The quantitative estimate of drug-likeness (QED) is 0.859. The van der Waals surface area contributed by atoms with Crippen molar-refractivity contribution in [1.82, 2.24) is 15.1 Å². The molecule has 136 valence electrons. The van der Waals surface area contributed by atoms with Gasteiger partial charge in [-0.3, -0.25) is 4.90 Å². The van der Waals surface area contributed by atoms with Crippen molar-refractivity contribution < 1.29 is 0 Å². The molecule has 3 nitrogen and oxygen atoms in total. The summed E-state index contributed by atoms with van der Waals surface area (Å²) in [5.74, 6) is 3.98. The van der Waals surface area contributed by atoms with E-state index in [-0.39, 0.29) is 0 Å². The molecule has 0 spiro atoms. The van der Waals surface area contributed by atoms with Gasteiger partial charge in [0.2, 0.25) is 0 Å². The molecule has 5 atom stereocenters. The fourth-order valence-electron chi connectivity index (χ4n) is 5.92. The molecule has 0 amide bonds. The third kappa shape index (κ3) is 3.51. The zero-order valence-electron chi connectivity index (χ0n) is 15.4. The number of hydrogen-bond donors (Lipinski definition) is 1. The van der Waals surface area contributed by atoms with E-state index in [0.29, 0.717) is 0 Å². The first-order valence-electron chi connectivity index (χ1n) is 10.6. The van der Waals surface area contributed by atoms with E-state index in [1.165, 1.54) is 77.1 Å². The second-order valence-corrected chi connectivity index (χ2v) is 9.05. The Kier molecular flexibility index (Phi) is 4.57. The maximum atomic E-state index is 3.55. The highest BCUT2D eigenvalue weighted by molar-refractivity contribution is 5.14. The summed E-state index contributed by atoms with van der Waals surface area (Å²) in [5, 5.41) is 3.55. The summed E-state index contributed by atoms with van der Waals surface area (Å²) < 4.78 is 0. The molecule has 0 radical (unpaired) electrons. The molecule has 3 heteroatoms. The predicted octanol–water partition coefficient (Wildman–Crippen LogP) is 2.48. The average Bonchev–Trinajstić information content (AvgIpc) is 3.17. The van der Waals surface area contributed by atoms with Gasteiger partial charge in [0, 0.05) is 32.2 Å². The second kappa shape index (κ2) is 7.02. The van der Waals surface area contributed by atoms with Crippen molar-refractivity contribution in [2.24, 2.45) is 23.7 Å². The summed E-state index contributed by atoms with van der Waals surface area (Å²) in [6.45, 7) is 9.33. The first kappa shape index (κ1) is 16.3. The predicted molar refractivity (Wildman–Crippen MR) is 103 cm³/mol. The second-order valence-electron chi connectivity index (χ2n) is 9.05. The highest BCUT2D eigenvalue weighted by atomic mass is 15.3. The lowest BCUT2D eigenvalue weighted by atomic mass is 9.94. The molecule has 1 saturated carbocycles. The van der Waals surface area contributed by atoms with Gasteiger partial charge in [0.1, 0.15) is 0 Å². The zero-order chi connectivity index (χ0) is 16.6. The van der Waals surface area contributed by atoms with Gasteiger partial charge in [0.15, 0.2) is 0 Å². The van der Waals surface area contributed by atoms with Crippen molar-refractivity contribution in [2.45, 2.75) is 31.7 Å². The first-order valence-corrected chi connectivity index (χ1v) is 10.6. The molecule has 1 aliphatic carbocycles. The Labute approximate surface area is 152 Å². The van der Waals surface area contributed by atoms with Crippen molar-refractivity contribution in [1.29, 1.82) is 0 Å². The van der Waals surface area contributed by atoms with Crippen molar-refractivity contribution in [3.63, 3.8) is 0 Å². The average molecular weight is 340 g/mol. The topological polar surface area (TPSA) is 18.5 Å². The van der Waals surface area contributed by atoms with Crippen LogP contribution in [0.25, 0.3) is 0 Å². The summed E-state index contributed by atoms with van der Waals surface area (Å²) in [4.78, 5) is 5.69. The SMILES string of the molecule is c1ccc(CCCN2CC3CCC(C2)N(CC2[C@H]4CNC[C@@H]24)C3)cc1. The molecular weight excluding hydrogens is 306 g/mol. The molecule has 0 aromatic heterocycles. The number of nitrogens with one attached hydrogen (secondary N) is 1. The summed E-state index contributed by atoms with van der Waals surface area (Å²) in [6.07, 6.45) is 5.45. The van der Waals surface area contributed by atoms with Crippen LogP contribution in [0.1, 0.15) is 24.8 Å². The van der Waals surface area contributed by atoms with Crippen molar-refractivity contribution in [3.8, 4) is 0 Å². The maximum Gasteiger partial charge on any atom is 0.0223 e. The van der Waals surface area contributed by atoms with E-state index in [2.05, 4.69) is 45.4 Å². The normalized spacial score (nSPS) is 37.8.